The Kier molecular flexibility index (Phi) is 10.4. The highest BCUT2D eigenvalue weighted by Gasteiger charge is 2.26. The van der Waals surface area contributed by atoms with Crippen LogP contribution >= 0.6 is 0 Å². The predicted molar refractivity (Wildman–Crippen MR) is 136 cm³/mol. The molecule has 1 fully saturated rings. The number of rotatable bonds is 12. The topological polar surface area (TPSA) is 97.6 Å². The monoisotopic (exact) mass is 498 g/mol. The normalized spacial score (nSPS) is 15.9. The second kappa shape index (κ2) is 13.5. The molecule has 1 aliphatic heterocycles. The summed E-state index contributed by atoms with van der Waals surface area (Å²) >= 11 is 0. The van der Waals surface area contributed by atoms with Crippen LogP contribution in [0.4, 0.5) is 0 Å². The number of nitrogens with two attached hydrogens (primary N) is 1. The van der Waals surface area contributed by atoms with Crippen LogP contribution in [0.25, 0.3) is 0 Å². The molecule has 196 valence electrons. The van der Waals surface area contributed by atoms with Gasteiger partial charge in [0.05, 0.1) is 19.2 Å². The van der Waals surface area contributed by atoms with Crippen molar-refractivity contribution in [2.75, 3.05) is 45.9 Å². The number of amides is 1. The second-order valence-electron chi connectivity index (χ2n) is 9.86. The Balaban J connectivity index is 1.56. The molecule has 1 unspecified atom stereocenters. The van der Waals surface area contributed by atoms with Crippen LogP contribution in [0.3, 0.4) is 0 Å². The third-order valence-corrected chi connectivity index (χ3v) is 5.97. The summed E-state index contributed by atoms with van der Waals surface area (Å²) in [6, 6.07) is 18.8. The van der Waals surface area contributed by atoms with Gasteiger partial charge in [-0.05, 0) is 37.5 Å². The zero-order valence-corrected chi connectivity index (χ0v) is 21.5. The molecule has 1 atom stereocenters. The molecule has 0 aliphatic carbocycles. The number of ether oxygens (including phenoxy) is 2. The van der Waals surface area contributed by atoms with Crippen LogP contribution in [0.5, 0.6) is 0 Å². The van der Waals surface area contributed by atoms with E-state index in [9.17, 15) is 9.59 Å². The fraction of sp³-hybridized carbons (Fsp3) is 0.481. The zero-order valence-electron chi connectivity index (χ0n) is 21.5. The highest BCUT2D eigenvalue weighted by molar-refractivity contribution is 5.71. The molecule has 36 heavy (non-hydrogen) atoms. The van der Waals surface area contributed by atoms with Crippen LogP contribution in [-0.2, 0) is 30.5 Å². The van der Waals surface area contributed by atoms with E-state index in [0.717, 1.165) is 43.4 Å². The van der Waals surface area contributed by atoms with Crippen molar-refractivity contribution in [1.82, 2.24) is 14.9 Å². The fourth-order valence-corrected chi connectivity index (χ4v) is 4.30. The average Bonchev–Trinajstić information content (AvgIpc) is 2.87. The molecule has 0 aromatic heterocycles. The molecule has 2 aromatic rings. The first-order chi connectivity index (χ1) is 17.3. The van der Waals surface area contributed by atoms with Gasteiger partial charge in [-0.15, -0.1) is 0 Å². The van der Waals surface area contributed by atoms with E-state index in [0.29, 0.717) is 13.0 Å². The van der Waals surface area contributed by atoms with Crippen LogP contribution in [0.2, 0.25) is 0 Å². The maximum Gasteiger partial charge on any atom is 0.332 e. The number of esters is 1. The largest absolute Gasteiger partial charge is 0.458 e. The lowest BCUT2D eigenvalue weighted by Crippen LogP contribution is -2.48. The summed E-state index contributed by atoms with van der Waals surface area (Å²) in [6.07, 6.45) is 0.558. The van der Waals surface area contributed by atoms with E-state index in [-0.39, 0.29) is 25.2 Å². The summed E-state index contributed by atoms with van der Waals surface area (Å²) in [4.78, 5) is 32.2. The number of carbonyl (C=O) groups excluding carboxylic acids is 2. The lowest BCUT2D eigenvalue weighted by atomic mass is 9.95. The molecule has 0 spiro atoms. The van der Waals surface area contributed by atoms with Crippen molar-refractivity contribution < 1.29 is 24.0 Å². The standard InChI is InChI=1S/C27H38N4O5/c1-27(2,3)35-25(33)20-34-18-17-29-13-15-30(16-14-29)26(23-7-5-4-6-8-23)24-11-9-22(10-12-24)19-31(21-32)36-28/h4-12,21,26H,13-20,28H2,1-3H3. The predicted octanol–water partition coefficient (Wildman–Crippen LogP) is 2.52. The highest BCUT2D eigenvalue weighted by Crippen LogP contribution is 2.30. The quantitative estimate of drug-likeness (QED) is 0.206. The van der Waals surface area contributed by atoms with E-state index >= 15 is 0 Å². The van der Waals surface area contributed by atoms with Crippen molar-refractivity contribution in [2.45, 2.75) is 39.0 Å². The molecular weight excluding hydrogens is 460 g/mol. The van der Waals surface area contributed by atoms with E-state index in [1.165, 1.54) is 11.1 Å². The number of piperazine rings is 1. The Morgan fingerprint density at radius 2 is 1.67 bits per heavy atom. The van der Waals surface area contributed by atoms with E-state index in [2.05, 4.69) is 51.1 Å². The number of hydrogen-bond donors (Lipinski definition) is 1. The highest BCUT2D eigenvalue weighted by atomic mass is 16.8. The molecule has 1 saturated heterocycles. The first kappa shape index (κ1) is 27.8. The lowest BCUT2D eigenvalue weighted by Gasteiger charge is -2.39. The smallest absolute Gasteiger partial charge is 0.332 e. The first-order valence-electron chi connectivity index (χ1n) is 12.3. The third-order valence-electron chi connectivity index (χ3n) is 5.97. The molecule has 2 aromatic carbocycles. The SMILES string of the molecule is CC(C)(C)OC(=O)COCCN1CCN(C(c2ccccc2)c2ccc(CN(C=O)ON)cc2)CC1. The maximum atomic E-state index is 11.8. The van der Waals surface area contributed by atoms with Gasteiger partial charge in [-0.25, -0.2) is 9.86 Å². The van der Waals surface area contributed by atoms with E-state index < -0.39 is 5.60 Å². The third kappa shape index (κ3) is 8.69. The van der Waals surface area contributed by atoms with Crippen molar-refractivity contribution in [3.8, 4) is 0 Å². The van der Waals surface area contributed by atoms with Crippen molar-refractivity contribution in [3.05, 3.63) is 71.3 Å². The van der Waals surface area contributed by atoms with Crippen LogP contribution in [0.1, 0.15) is 43.5 Å². The van der Waals surface area contributed by atoms with Crippen molar-refractivity contribution in [2.24, 2.45) is 5.90 Å². The van der Waals surface area contributed by atoms with Crippen molar-refractivity contribution in [1.29, 1.82) is 0 Å². The molecule has 9 nitrogen and oxygen atoms in total. The number of nitrogens with zero attached hydrogens (tertiary/aromatic N) is 3. The van der Waals surface area contributed by atoms with Gasteiger partial charge in [-0.3, -0.25) is 14.6 Å². The Morgan fingerprint density at radius 1 is 1.03 bits per heavy atom. The van der Waals surface area contributed by atoms with E-state index in [4.69, 9.17) is 15.4 Å². The Bertz CT molecular complexity index is 941. The summed E-state index contributed by atoms with van der Waals surface area (Å²) in [7, 11) is 0. The first-order valence-corrected chi connectivity index (χ1v) is 12.3. The van der Waals surface area contributed by atoms with Crippen LogP contribution in [-0.4, -0.2) is 78.8 Å². The molecule has 0 saturated carbocycles. The van der Waals surface area contributed by atoms with Crippen LogP contribution in [0, 0.1) is 0 Å². The van der Waals surface area contributed by atoms with Gasteiger partial charge < -0.3 is 9.47 Å². The van der Waals surface area contributed by atoms with Crippen molar-refractivity contribution >= 4 is 12.4 Å². The Labute approximate surface area is 213 Å². The Morgan fingerprint density at radius 3 is 2.25 bits per heavy atom. The molecule has 0 bridgehead atoms. The minimum Gasteiger partial charge on any atom is -0.458 e. The lowest BCUT2D eigenvalue weighted by molar-refractivity contribution is -0.178. The summed E-state index contributed by atoms with van der Waals surface area (Å²) in [5.41, 5.74) is 2.85. The van der Waals surface area contributed by atoms with Gasteiger partial charge in [0.1, 0.15) is 12.2 Å². The van der Waals surface area contributed by atoms with E-state index in [1.54, 1.807) is 0 Å². The van der Waals surface area contributed by atoms with Gasteiger partial charge in [-0.1, -0.05) is 54.6 Å². The molecule has 3 rings (SSSR count). The van der Waals surface area contributed by atoms with E-state index in [1.807, 2.05) is 39.0 Å². The van der Waals surface area contributed by atoms with Gasteiger partial charge in [0.2, 0.25) is 6.41 Å². The second-order valence-corrected chi connectivity index (χ2v) is 9.86. The number of hydrogen-bond acceptors (Lipinski definition) is 8. The summed E-state index contributed by atoms with van der Waals surface area (Å²) in [5.74, 6) is 4.79. The minimum absolute atomic E-state index is 0.0225. The maximum absolute atomic E-state index is 11.8. The number of carbonyl (C=O) groups is 2. The fourth-order valence-electron chi connectivity index (χ4n) is 4.30. The molecule has 9 heteroatoms. The van der Waals surface area contributed by atoms with Crippen molar-refractivity contribution in [3.63, 3.8) is 0 Å². The molecule has 1 heterocycles. The molecule has 1 amide bonds. The summed E-state index contributed by atoms with van der Waals surface area (Å²) in [6.45, 7) is 10.7. The van der Waals surface area contributed by atoms with Gasteiger partial charge in [0, 0.05) is 32.7 Å². The molecular formula is C27H38N4O5. The number of hydroxylamine groups is 2. The summed E-state index contributed by atoms with van der Waals surface area (Å²) in [5, 5.41) is 1.04. The van der Waals surface area contributed by atoms with Gasteiger partial charge in [0.15, 0.2) is 0 Å². The van der Waals surface area contributed by atoms with Gasteiger partial charge >= 0.3 is 5.97 Å². The molecule has 2 N–H and O–H groups in total. The van der Waals surface area contributed by atoms with Crippen LogP contribution in [0.15, 0.2) is 54.6 Å². The average molecular weight is 499 g/mol. The molecule has 0 radical (unpaired) electrons. The molecule has 1 aliphatic rings. The van der Waals surface area contributed by atoms with Gasteiger partial charge in [0.25, 0.3) is 0 Å². The van der Waals surface area contributed by atoms with Gasteiger partial charge in [-0.2, -0.15) is 10.8 Å². The van der Waals surface area contributed by atoms with Crippen LogP contribution < -0.4 is 5.90 Å². The summed E-state index contributed by atoms with van der Waals surface area (Å²) < 4.78 is 10.8. The minimum atomic E-state index is -0.499. The zero-order chi connectivity index (χ0) is 26.0. The number of benzene rings is 2. The Hall–Kier alpha value is -2.82.